The monoisotopic (exact) mass is 185 g/mol. The Morgan fingerprint density at radius 3 is 2.33 bits per heavy atom. The zero-order chi connectivity index (χ0) is 8.10. The van der Waals surface area contributed by atoms with Gasteiger partial charge in [0.15, 0.2) is 0 Å². The summed E-state index contributed by atoms with van der Waals surface area (Å²) in [6.45, 7) is 0.331. The van der Waals surface area contributed by atoms with Crippen LogP contribution >= 0.6 is 12.4 Å². The van der Waals surface area contributed by atoms with Crippen molar-refractivity contribution >= 4 is 12.4 Å². The summed E-state index contributed by atoms with van der Waals surface area (Å²) in [7, 11) is 0. The Hall–Kier alpha value is -1.04. The van der Waals surface area contributed by atoms with Gasteiger partial charge in [0.1, 0.15) is 5.82 Å². The molecule has 2 N–H and O–H groups in total. The molecule has 0 unspecified atom stereocenters. The first kappa shape index (κ1) is 11.0. The zero-order valence-corrected chi connectivity index (χ0v) is 7.20. The van der Waals surface area contributed by atoms with Crippen molar-refractivity contribution < 1.29 is 4.39 Å². The smallest absolute Gasteiger partial charge is 0.123 e. The molecule has 0 bridgehead atoms. The third kappa shape index (κ3) is 3.38. The fraction of sp³-hybridized carbons (Fsp3) is 0.111. The number of halogens is 2. The summed E-state index contributed by atoms with van der Waals surface area (Å²) < 4.78 is 12.3. The largest absolute Gasteiger partial charge is 0.320 e. The van der Waals surface area contributed by atoms with E-state index in [2.05, 4.69) is 11.8 Å². The van der Waals surface area contributed by atoms with Gasteiger partial charge in [0.25, 0.3) is 0 Å². The highest BCUT2D eigenvalue weighted by atomic mass is 35.5. The minimum Gasteiger partial charge on any atom is -0.320 e. The van der Waals surface area contributed by atoms with E-state index in [9.17, 15) is 4.39 Å². The van der Waals surface area contributed by atoms with Gasteiger partial charge in [0, 0.05) is 5.56 Å². The van der Waals surface area contributed by atoms with Gasteiger partial charge in [-0.2, -0.15) is 0 Å². The first-order valence-corrected chi connectivity index (χ1v) is 3.27. The lowest BCUT2D eigenvalue weighted by Gasteiger charge is -1.87. The van der Waals surface area contributed by atoms with Crippen LogP contribution in [-0.4, -0.2) is 6.54 Å². The predicted molar refractivity (Wildman–Crippen MR) is 49.6 cm³/mol. The predicted octanol–water partition coefficient (Wildman–Crippen LogP) is 1.56. The standard InChI is InChI=1S/C9H8FN.ClH/c10-9-5-3-8(4-6-9)2-1-7-11;/h3-6H,7,11H2;1H. The molecule has 0 radical (unpaired) electrons. The van der Waals surface area contributed by atoms with Crippen LogP contribution in [0.1, 0.15) is 5.56 Å². The molecule has 1 aromatic carbocycles. The van der Waals surface area contributed by atoms with Crippen molar-refractivity contribution in [3.05, 3.63) is 35.6 Å². The number of rotatable bonds is 0. The number of hydrogen-bond donors (Lipinski definition) is 1. The minimum absolute atomic E-state index is 0. The van der Waals surface area contributed by atoms with Crippen LogP contribution in [0.25, 0.3) is 0 Å². The number of nitrogens with two attached hydrogens (primary N) is 1. The molecule has 0 amide bonds. The van der Waals surface area contributed by atoms with E-state index in [1.807, 2.05) is 0 Å². The molecular formula is C9H9ClFN. The molecule has 0 aromatic heterocycles. The summed E-state index contributed by atoms with van der Waals surface area (Å²) >= 11 is 0. The molecule has 0 atom stereocenters. The van der Waals surface area contributed by atoms with E-state index in [1.54, 1.807) is 12.1 Å². The Balaban J connectivity index is 0.00000121. The second kappa shape index (κ2) is 5.59. The molecule has 64 valence electrons. The fourth-order valence-corrected chi connectivity index (χ4v) is 0.686. The summed E-state index contributed by atoms with van der Waals surface area (Å²) in [4.78, 5) is 0. The lowest BCUT2D eigenvalue weighted by molar-refractivity contribution is 0.627. The van der Waals surface area contributed by atoms with Crippen LogP contribution in [0.4, 0.5) is 4.39 Å². The Labute approximate surface area is 77.2 Å². The van der Waals surface area contributed by atoms with E-state index < -0.39 is 0 Å². The molecule has 0 heterocycles. The summed E-state index contributed by atoms with van der Waals surface area (Å²) in [5.74, 6) is 5.22. The Morgan fingerprint density at radius 2 is 1.83 bits per heavy atom. The second-order valence-electron chi connectivity index (χ2n) is 2.01. The van der Waals surface area contributed by atoms with Crippen LogP contribution in [0.3, 0.4) is 0 Å². The van der Waals surface area contributed by atoms with Gasteiger partial charge in [0.05, 0.1) is 6.54 Å². The van der Waals surface area contributed by atoms with Gasteiger partial charge >= 0.3 is 0 Å². The van der Waals surface area contributed by atoms with Crippen LogP contribution in [-0.2, 0) is 0 Å². The lowest BCUT2D eigenvalue weighted by Crippen LogP contribution is -1.92. The van der Waals surface area contributed by atoms with E-state index in [4.69, 9.17) is 5.73 Å². The Bertz CT molecular complexity index is 284. The summed E-state index contributed by atoms with van der Waals surface area (Å²) in [5, 5.41) is 0. The molecule has 0 spiro atoms. The average molecular weight is 186 g/mol. The number of hydrogen-bond acceptors (Lipinski definition) is 1. The highest BCUT2D eigenvalue weighted by Crippen LogP contribution is 1.99. The maximum atomic E-state index is 12.3. The molecule has 12 heavy (non-hydrogen) atoms. The van der Waals surface area contributed by atoms with Crippen molar-refractivity contribution in [2.24, 2.45) is 5.73 Å². The minimum atomic E-state index is -0.247. The van der Waals surface area contributed by atoms with E-state index in [1.165, 1.54) is 12.1 Å². The van der Waals surface area contributed by atoms with Gasteiger partial charge in [-0.05, 0) is 24.3 Å². The van der Waals surface area contributed by atoms with Crippen LogP contribution in [0.2, 0.25) is 0 Å². The molecular weight excluding hydrogens is 177 g/mol. The molecule has 0 fully saturated rings. The molecule has 0 aliphatic heterocycles. The van der Waals surface area contributed by atoms with Gasteiger partial charge in [-0.15, -0.1) is 12.4 Å². The first-order valence-electron chi connectivity index (χ1n) is 3.27. The third-order valence-electron chi connectivity index (χ3n) is 1.18. The quantitative estimate of drug-likeness (QED) is 0.610. The summed E-state index contributed by atoms with van der Waals surface area (Å²) in [6.07, 6.45) is 0. The van der Waals surface area contributed by atoms with Crippen LogP contribution < -0.4 is 5.73 Å². The van der Waals surface area contributed by atoms with E-state index in [-0.39, 0.29) is 18.2 Å². The molecule has 1 nitrogen and oxygen atoms in total. The van der Waals surface area contributed by atoms with Gasteiger partial charge in [0.2, 0.25) is 0 Å². The second-order valence-corrected chi connectivity index (χ2v) is 2.01. The van der Waals surface area contributed by atoms with Crippen LogP contribution in [0.5, 0.6) is 0 Å². The Kier molecular flexibility index (Phi) is 5.11. The molecule has 1 aromatic rings. The van der Waals surface area contributed by atoms with E-state index in [0.717, 1.165) is 5.56 Å². The average Bonchev–Trinajstić information content (AvgIpc) is 2.04. The maximum Gasteiger partial charge on any atom is 0.123 e. The lowest BCUT2D eigenvalue weighted by atomic mass is 10.2. The van der Waals surface area contributed by atoms with Gasteiger partial charge in [-0.25, -0.2) is 4.39 Å². The van der Waals surface area contributed by atoms with Crippen molar-refractivity contribution in [3.8, 4) is 11.8 Å². The SMILES string of the molecule is Cl.NCC#Cc1ccc(F)cc1. The normalized spacial score (nSPS) is 7.83. The molecule has 0 saturated heterocycles. The van der Waals surface area contributed by atoms with Gasteiger partial charge in [-0.3, -0.25) is 0 Å². The van der Waals surface area contributed by atoms with Crippen molar-refractivity contribution in [3.63, 3.8) is 0 Å². The van der Waals surface area contributed by atoms with Gasteiger partial charge in [-0.1, -0.05) is 11.8 Å². The van der Waals surface area contributed by atoms with Crippen LogP contribution in [0.15, 0.2) is 24.3 Å². The first-order chi connectivity index (χ1) is 5.33. The summed E-state index contributed by atoms with van der Waals surface area (Å²) in [5.41, 5.74) is 5.95. The third-order valence-corrected chi connectivity index (χ3v) is 1.18. The van der Waals surface area contributed by atoms with Crippen molar-refractivity contribution in [2.45, 2.75) is 0 Å². The number of benzene rings is 1. The molecule has 1 rings (SSSR count). The highest BCUT2D eigenvalue weighted by molar-refractivity contribution is 5.85. The van der Waals surface area contributed by atoms with Crippen LogP contribution in [0, 0.1) is 17.7 Å². The topological polar surface area (TPSA) is 26.0 Å². The molecule has 0 aliphatic carbocycles. The van der Waals surface area contributed by atoms with E-state index in [0.29, 0.717) is 6.54 Å². The Morgan fingerprint density at radius 1 is 1.25 bits per heavy atom. The van der Waals surface area contributed by atoms with Crippen molar-refractivity contribution in [2.75, 3.05) is 6.54 Å². The molecule has 0 saturated carbocycles. The molecule has 0 aliphatic rings. The van der Waals surface area contributed by atoms with Gasteiger partial charge < -0.3 is 5.73 Å². The fourth-order valence-electron chi connectivity index (χ4n) is 0.686. The van der Waals surface area contributed by atoms with Crippen molar-refractivity contribution in [1.29, 1.82) is 0 Å². The maximum absolute atomic E-state index is 12.3. The zero-order valence-electron chi connectivity index (χ0n) is 6.38. The molecule has 3 heteroatoms. The van der Waals surface area contributed by atoms with E-state index >= 15 is 0 Å². The van der Waals surface area contributed by atoms with Crippen molar-refractivity contribution in [1.82, 2.24) is 0 Å². The highest BCUT2D eigenvalue weighted by Gasteiger charge is 1.86. The summed E-state index contributed by atoms with van der Waals surface area (Å²) in [6, 6.07) is 6.00.